The monoisotopic (exact) mass is 336 g/mol. The van der Waals surface area contributed by atoms with E-state index in [-0.39, 0.29) is 5.91 Å². The lowest BCUT2D eigenvalue weighted by atomic mass is 10.1. The molecule has 7 nitrogen and oxygen atoms in total. The van der Waals surface area contributed by atoms with E-state index < -0.39 is 0 Å². The third-order valence-electron chi connectivity index (χ3n) is 3.47. The Bertz CT molecular complexity index is 1020. The molecule has 0 aliphatic carbocycles. The first-order valence-corrected chi connectivity index (χ1v) is 8.04. The van der Waals surface area contributed by atoms with E-state index in [1.165, 1.54) is 17.7 Å². The lowest BCUT2D eigenvalue weighted by molar-refractivity contribution is 0.102. The molecule has 0 radical (unpaired) electrons. The lowest BCUT2D eigenvalue weighted by Gasteiger charge is -2.08. The van der Waals surface area contributed by atoms with Crippen molar-refractivity contribution in [2.75, 3.05) is 5.32 Å². The molecule has 4 heterocycles. The molecular formula is C16H12N6OS. The second-order valence-corrected chi connectivity index (χ2v) is 6.03. The third-order valence-corrected chi connectivity index (χ3v) is 4.34. The Labute approximate surface area is 141 Å². The number of carbonyl (C=O) groups excluding carboxylic acids is 1. The lowest BCUT2D eigenvalue weighted by Crippen LogP contribution is -2.13. The Morgan fingerprint density at radius 3 is 2.83 bits per heavy atom. The number of hydrogen-bond donors (Lipinski definition) is 1. The van der Waals surface area contributed by atoms with E-state index in [4.69, 9.17) is 0 Å². The van der Waals surface area contributed by atoms with Crippen LogP contribution in [-0.2, 0) is 0 Å². The van der Waals surface area contributed by atoms with E-state index in [0.717, 1.165) is 16.8 Å². The van der Waals surface area contributed by atoms with Gasteiger partial charge in [-0.25, -0.2) is 19.9 Å². The number of anilines is 1. The molecule has 0 aliphatic rings. The number of aryl methyl sites for hydroxylation is 1. The number of imidazole rings is 1. The molecule has 0 bridgehead atoms. The molecule has 1 amide bonds. The van der Waals surface area contributed by atoms with Gasteiger partial charge in [0.25, 0.3) is 5.91 Å². The van der Waals surface area contributed by atoms with E-state index >= 15 is 0 Å². The first-order valence-electron chi connectivity index (χ1n) is 7.16. The van der Waals surface area contributed by atoms with Gasteiger partial charge in [-0.1, -0.05) is 0 Å². The van der Waals surface area contributed by atoms with Crippen molar-refractivity contribution in [3.63, 3.8) is 0 Å². The van der Waals surface area contributed by atoms with Crippen LogP contribution in [0, 0.1) is 6.92 Å². The number of aromatic nitrogens is 5. The minimum absolute atomic E-state index is 0.251. The van der Waals surface area contributed by atoms with Crippen molar-refractivity contribution in [3.8, 4) is 11.1 Å². The summed E-state index contributed by atoms with van der Waals surface area (Å²) >= 11 is 1.39. The van der Waals surface area contributed by atoms with Crippen molar-refractivity contribution >= 4 is 28.0 Å². The van der Waals surface area contributed by atoms with Crippen LogP contribution in [0.2, 0.25) is 0 Å². The maximum absolute atomic E-state index is 12.7. The normalized spacial score (nSPS) is 10.9. The van der Waals surface area contributed by atoms with Crippen LogP contribution in [0.4, 0.5) is 5.13 Å². The molecule has 118 valence electrons. The first kappa shape index (κ1) is 14.5. The van der Waals surface area contributed by atoms with Crippen LogP contribution < -0.4 is 5.32 Å². The number of pyridine rings is 1. The molecule has 0 saturated carbocycles. The Hall–Kier alpha value is -3.13. The van der Waals surface area contributed by atoms with E-state index in [1.54, 1.807) is 30.9 Å². The number of hydrogen-bond acceptors (Lipinski definition) is 6. The van der Waals surface area contributed by atoms with Crippen molar-refractivity contribution in [1.29, 1.82) is 0 Å². The van der Waals surface area contributed by atoms with Gasteiger partial charge in [0.05, 0.1) is 11.3 Å². The molecule has 0 fully saturated rings. The van der Waals surface area contributed by atoms with Crippen molar-refractivity contribution in [2.45, 2.75) is 6.92 Å². The van der Waals surface area contributed by atoms with Gasteiger partial charge in [0.15, 0.2) is 5.13 Å². The van der Waals surface area contributed by atoms with Crippen molar-refractivity contribution in [1.82, 2.24) is 24.3 Å². The predicted octanol–water partition coefficient (Wildman–Crippen LogP) is 2.81. The Kier molecular flexibility index (Phi) is 3.51. The molecule has 4 aromatic rings. The van der Waals surface area contributed by atoms with Crippen LogP contribution in [0.5, 0.6) is 0 Å². The smallest absolute Gasteiger partial charge is 0.261 e. The molecule has 0 atom stereocenters. The zero-order valence-corrected chi connectivity index (χ0v) is 13.5. The highest BCUT2D eigenvalue weighted by atomic mass is 32.1. The van der Waals surface area contributed by atoms with Crippen LogP contribution >= 0.6 is 11.3 Å². The SMILES string of the molecule is Cc1csc(NC(=O)c2cc(-c3cncnc3)cn3ccnc23)n1. The highest BCUT2D eigenvalue weighted by Crippen LogP contribution is 2.23. The number of carbonyl (C=O) groups is 1. The highest BCUT2D eigenvalue weighted by Gasteiger charge is 2.16. The van der Waals surface area contributed by atoms with Gasteiger partial charge in [0.1, 0.15) is 12.0 Å². The molecule has 0 aromatic carbocycles. The average molecular weight is 336 g/mol. The average Bonchev–Trinajstić information content (AvgIpc) is 3.23. The fourth-order valence-corrected chi connectivity index (χ4v) is 3.07. The number of rotatable bonds is 3. The molecule has 1 N–H and O–H groups in total. The summed E-state index contributed by atoms with van der Waals surface area (Å²) in [5.41, 5.74) is 3.58. The summed E-state index contributed by atoms with van der Waals surface area (Å²) in [6.07, 6.45) is 10.2. The summed E-state index contributed by atoms with van der Waals surface area (Å²) in [7, 11) is 0. The topological polar surface area (TPSA) is 85.1 Å². The van der Waals surface area contributed by atoms with E-state index in [0.29, 0.717) is 16.3 Å². The van der Waals surface area contributed by atoms with E-state index in [1.807, 2.05) is 22.9 Å². The molecule has 8 heteroatoms. The van der Waals surface area contributed by atoms with Gasteiger partial charge < -0.3 is 4.40 Å². The summed E-state index contributed by atoms with van der Waals surface area (Å²) in [6.45, 7) is 1.88. The molecule has 0 aliphatic heterocycles. The van der Waals surface area contributed by atoms with Gasteiger partial charge in [-0.15, -0.1) is 11.3 Å². The number of nitrogens with zero attached hydrogens (tertiary/aromatic N) is 5. The molecule has 24 heavy (non-hydrogen) atoms. The zero-order valence-electron chi connectivity index (χ0n) is 12.7. The van der Waals surface area contributed by atoms with E-state index in [2.05, 4.69) is 25.3 Å². The summed E-state index contributed by atoms with van der Waals surface area (Å²) in [4.78, 5) is 29.3. The molecular weight excluding hydrogens is 324 g/mol. The summed E-state index contributed by atoms with van der Waals surface area (Å²) in [5, 5.41) is 5.28. The highest BCUT2D eigenvalue weighted by molar-refractivity contribution is 7.13. The second-order valence-electron chi connectivity index (χ2n) is 5.18. The van der Waals surface area contributed by atoms with Gasteiger partial charge in [-0.05, 0) is 13.0 Å². The largest absolute Gasteiger partial charge is 0.306 e. The van der Waals surface area contributed by atoms with Gasteiger partial charge in [-0.3, -0.25) is 10.1 Å². The Morgan fingerprint density at radius 2 is 2.08 bits per heavy atom. The molecule has 4 aromatic heterocycles. The fourth-order valence-electron chi connectivity index (χ4n) is 2.38. The third kappa shape index (κ3) is 2.63. The molecule has 0 spiro atoms. The van der Waals surface area contributed by atoms with Crippen molar-refractivity contribution < 1.29 is 4.79 Å². The predicted molar refractivity (Wildman–Crippen MR) is 91.0 cm³/mol. The molecule has 0 saturated heterocycles. The second kappa shape index (κ2) is 5.82. The summed E-state index contributed by atoms with van der Waals surface area (Å²) in [6, 6.07) is 1.79. The zero-order chi connectivity index (χ0) is 16.5. The minimum atomic E-state index is -0.251. The maximum Gasteiger partial charge on any atom is 0.261 e. The fraction of sp³-hybridized carbons (Fsp3) is 0.0625. The van der Waals surface area contributed by atoms with Crippen LogP contribution in [0.15, 0.2) is 48.8 Å². The van der Waals surface area contributed by atoms with Crippen LogP contribution in [0.1, 0.15) is 16.1 Å². The molecule has 4 rings (SSSR count). The molecule has 0 unspecified atom stereocenters. The number of fused-ring (bicyclic) bond motifs is 1. The summed E-state index contributed by atoms with van der Waals surface area (Å²) < 4.78 is 1.81. The standard InChI is InChI=1S/C16H12N6OS/c1-10-8-24-16(20-10)21-15(23)13-4-11(12-5-17-9-18-6-12)7-22-3-2-19-14(13)22/h2-9H,1H3,(H,20,21,23). The number of nitrogens with one attached hydrogen (secondary N) is 1. The van der Waals surface area contributed by atoms with Gasteiger partial charge >= 0.3 is 0 Å². The Morgan fingerprint density at radius 1 is 1.25 bits per heavy atom. The number of amides is 1. The van der Waals surface area contributed by atoms with Crippen LogP contribution in [0.25, 0.3) is 16.8 Å². The van der Waals surface area contributed by atoms with Crippen molar-refractivity contribution in [3.05, 3.63) is 60.0 Å². The van der Waals surface area contributed by atoms with Crippen LogP contribution in [0.3, 0.4) is 0 Å². The van der Waals surface area contributed by atoms with Crippen LogP contribution in [-0.4, -0.2) is 30.2 Å². The quantitative estimate of drug-likeness (QED) is 0.622. The van der Waals surface area contributed by atoms with Gasteiger partial charge in [0, 0.05) is 47.5 Å². The van der Waals surface area contributed by atoms with E-state index in [9.17, 15) is 4.79 Å². The minimum Gasteiger partial charge on any atom is -0.306 e. The summed E-state index contributed by atoms with van der Waals surface area (Å²) in [5.74, 6) is -0.251. The number of thiazole rings is 1. The first-order chi connectivity index (χ1) is 11.7. The van der Waals surface area contributed by atoms with Gasteiger partial charge in [-0.2, -0.15) is 0 Å². The Balaban J connectivity index is 1.78. The maximum atomic E-state index is 12.7. The van der Waals surface area contributed by atoms with Gasteiger partial charge in [0.2, 0.25) is 0 Å². The van der Waals surface area contributed by atoms with Crippen molar-refractivity contribution in [2.24, 2.45) is 0 Å².